The summed E-state index contributed by atoms with van der Waals surface area (Å²) in [5.41, 5.74) is 1.84. The van der Waals surface area contributed by atoms with Crippen molar-refractivity contribution in [3.8, 4) is 5.75 Å². The maximum atomic E-state index is 13.5. The van der Waals surface area contributed by atoms with Crippen LogP contribution < -0.4 is 10.1 Å². The second-order valence-electron chi connectivity index (χ2n) is 5.46. The van der Waals surface area contributed by atoms with E-state index in [-0.39, 0.29) is 5.56 Å². The van der Waals surface area contributed by atoms with Crippen LogP contribution in [-0.4, -0.2) is 18.0 Å². The van der Waals surface area contributed by atoms with Gasteiger partial charge in [0.25, 0.3) is 5.91 Å². The molecule has 2 aromatic carbocycles. The lowest BCUT2D eigenvalue weighted by Crippen LogP contribution is -2.13. The summed E-state index contributed by atoms with van der Waals surface area (Å²) < 4.78 is 18.6. The molecule has 4 nitrogen and oxygen atoms in total. The van der Waals surface area contributed by atoms with Crippen molar-refractivity contribution in [3.05, 3.63) is 83.8 Å². The molecule has 0 saturated carbocycles. The van der Waals surface area contributed by atoms with Gasteiger partial charge in [-0.15, -0.1) is 11.8 Å². The van der Waals surface area contributed by atoms with Crippen molar-refractivity contribution in [1.82, 2.24) is 4.98 Å². The molecule has 0 aliphatic rings. The molecular formula is C20H17FN2O2S. The number of anilines is 1. The van der Waals surface area contributed by atoms with Gasteiger partial charge in [0.1, 0.15) is 11.6 Å². The van der Waals surface area contributed by atoms with E-state index in [0.717, 1.165) is 22.4 Å². The first-order valence-electron chi connectivity index (χ1n) is 7.93. The number of carbonyl (C=O) groups is 1. The van der Waals surface area contributed by atoms with Gasteiger partial charge in [-0.3, -0.25) is 4.79 Å². The van der Waals surface area contributed by atoms with E-state index < -0.39 is 11.7 Å². The topological polar surface area (TPSA) is 51.2 Å². The number of ether oxygens (including phenoxy) is 1. The van der Waals surface area contributed by atoms with E-state index >= 15 is 0 Å². The van der Waals surface area contributed by atoms with Crippen molar-refractivity contribution in [2.75, 3.05) is 12.4 Å². The van der Waals surface area contributed by atoms with Crippen LogP contribution in [0.15, 0.2) is 71.9 Å². The number of amides is 1. The highest BCUT2D eigenvalue weighted by Crippen LogP contribution is 2.24. The number of aromatic nitrogens is 1. The number of hydrogen-bond acceptors (Lipinski definition) is 4. The molecule has 0 unspecified atom stereocenters. The van der Waals surface area contributed by atoms with E-state index in [2.05, 4.69) is 10.3 Å². The van der Waals surface area contributed by atoms with Gasteiger partial charge >= 0.3 is 0 Å². The number of benzene rings is 2. The van der Waals surface area contributed by atoms with Gasteiger partial charge in [-0.05, 0) is 48.0 Å². The number of rotatable bonds is 6. The zero-order valence-corrected chi connectivity index (χ0v) is 14.9. The third kappa shape index (κ3) is 4.61. The zero-order valence-electron chi connectivity index (χ0n) is 14.1. The number of nitrogens with one attached hydrogen (secondary N) is 1. The highest BCUT2D eigenvalue weighted by Gasteiger charge is 2.14. The van der Waals surface area contributed by atoms with Gasteiger partial charge in [0.05, 0.1) is 17.7 Å². The second-order valence-corrected chi connectivity index (χ2v) is 6.45. The number of hydrogen-bond donors (Lipinski definition) is 1. The van der Waals surface area contributed by atoms with Crippen LogP contribution in [0.25, 0.3) is 0 Å². The lowest BCUT2D eigenvalue weighted by molar-refractivity contribution is 0.102. The zero-order chi connectivity index (χ0) is 18.4. The van der Waals surface area contributed by atoms with Gasteiger partial charge in [0, 0.05) is 17.6 Å². The molecule has 1 aromatic heterocycles. The molecule has 132 valence electrons. The lowest BCUT2D eigenvalue weighted by Gasteiger charge is -2.10. The van der Waals surface area contributed by atoms with Crippen LogP contribution in [0.4, 0.5) is 10.1 Å². The summed E-state index contributed by atoms with van der Waals surface area (Å²) in [6, 6.07) is 17.1. The number of methoxy groups -OCH3 is 1. The summed E-state index contributed by atoms with van der Waals surface area (Å²) in [4.78, 5) is 16.7. The average molecular weight is 368 g/mol. The molecular weight excluding hydrogens is 351 g/mol. The fourth-order valence-electron chi connectivity index (χ4n) is 2.38. The molecule has 26 heavy (non-hydrogen) atoms. The van der Waals surface area contributed by atoms with E-state index in [0.29, 0.717) is 11.4 Å². The number of pyridine rings is 1. The number of nitrogens with zero attached hydrogens (tertiary/aromatic N) is 1. The molecule has 1 amide bonds. The molecule has 0 fully saturated rings. The van der Waals surface area contributed by atoms with Crippen LogP contribution in [0.5, 0.6) is 5.75 Å². The summed E-state index contributed by atoms with van der Waals surface area (Å²) in [5.74, 6) is 0.141. The Hall–Kier alpha value is -2.86. The average Bonchev–Trinajstić information content (AvgIpc) is 2.67. The summed E-state index contributed by atoms with van der Waals surface area (Å²) in [6.45, 7) is 0. The monoisotopic (exact) mass is 368 g/mol. The third-order valence-electron chi connectivity index (χ3n) is 3.62. The van der Waals surface area contributed by atoms with Gasteiger partial charge in [0.2, 0.25) is 0 Å². The van der Waals surface area contributed by atoms with Crippen LogP contribution in [-0.2, 0) is 5.75 Å². The summed E-state index contributed by atoms with van der Waals surface area (Å²) >= 11 is 1.61. The van der Waals surface area contributed by atoms with Crippen molar-refractivity contribution in [3.63, 3.8) is 0 Å². The van der Waals surface area contributed by atoms with Crippen molar-refractivity contribution >= 4 is 23.4 Å². The van der Waals surface area contributed by atoms with Gasteiger partial charge in [-0.2, -0.15) is 0 Å². The SMILES string of the molecule is COc1ccc(F)cc1C(=O)Nc1cccc(CSc2ccccn2)c1. The Balaban J connectivity index is 1.70. The van der Waals surface area contributed by atoms with E-state index in [1.807, 2.05) is 36.4 Å². The van der Waals surface area contributed by atoms with Crippen LogP contribution in [0, 0.1) is 5.82 Å². The van der Waals surface area contributed by atoms with Crippen LogP contribution in [0.3, 0.4) is 0 Å². The predicted octanol–water partition coefficient (Wildman–Crippen LogP) is 4.77. The van der Waals surface area contributed by atoms with Crippen LogP contribution in [0.2, 0.25) is 0 Å². The Bertz CT molecular complexity index is 903. The molecule has 3 aromatic rings. The van der Waals surface area contributed by atoms with Crippen molar-refractivity contribution in [2.45, 2.75) is 10.8 Å². The Morgan fingerprint density at radius 2 is 2.04 bits per heavy atom. The summed E-state index contributed by atoms with van der Waals surface area (Å²) in [6.07, 6.45) is 1.76. The Morgan fingerprint density at radius 1 is 1.15 bits per heavy atom. The summed E-state index contributed by atoms with van der Waals surface area (Å²) in [7, 11) is 1.44. The van der Waals surface area contributed by atoms with Crippen molar-refractivity contribution in [1.29, 1.82) is 0 Å². The minimum atomic E-state index is -0.489. The number of halogens is 1. The van der Waals surface area contributed by atoms with E-state index in [4.69, 9.17) is 4.74 Å². The maximum absolute atomic E-state index is 13.5. The highest BCUT2D eigenvalue weighted by atomic mass is 32.2. The normalized spacial score (nSPS) is 10.4. The Labute approximate surface area is 155 Å². The lowest BCUT2D eigenvalue weighted by atomic mass is 10.1. The van der Waals surface area contributed by atoms with E-state index in [1.54, 1.807) is 24.0 Å². The molecule has 0 aliphatic heterocycles. The predicted molar refractivity (Wildman–Crippen MR) is 101 cm³/mol. The second kappa shape index (κ2) is 8.49. The van der Waals surface area contributed by atoms with Gasteiger partial charge in [0.15, 0.2) is 0 Å². The van der Waals surface area contributed by atoms with Gasteiger partial charge in [-0.1, -0.05) is 18.2 Å². The summed E-state index contributed by atoms with van der Waals surface area (Å²) in [5, 5.41) is 3.72. The largest absolute Gasteiger partial charge is 0.496 e. The highest BCUT2D eigenvalue weighted by molar-refractivity contribution is 7.98. The minimum absolute atomic E-state index is 0.153. The molecule has 1 N–H and O–H groups in total. The third-order valence-corrected chi connectivity index (χ3v) is 4.63. The first kappa shape index (κ1) is 17.9. The molecule has 0 atom stereocenters. The molecule has 0 bridgehead atoms. The fraction of sp³-hybridized carbons (Fsp3) is 0.100. The molecule has 0 saturated heterocycles. The molecule has 0 aliphatic carbocycles. The smallest absolute Gasteiger partial charge is 0.259 e. The standard InChI is InChI=1S/C20H17FN2O2S/c1-25-18-9-8-15(21)12-17(18)20(24)23-16-6-4-5-14(11-16)13-26-19-7-2-3-10-22-19/h2-12H,13H2,1H3,(H,23,24). The van der Waals surface area contributed by atoms with Crippen molar-refractivity contribution in [2.24, 2.45) is 0 Å². The number of carbonyl (C=O) groups excluding carboxylic acids is 1. The van der Waals surface area contributed by atoms with E-state index in [1.165, 1.54) is 19.2 Å². The fourth-order valence-corrected chi connectivity index (χ4v) is 3.19. The van der Waals surface area contributed by atoms with E-state index in [9.17, 15) is 9.18 Å². The molecule has 0 radical (unpaired) electrons. The van der Waals surface area contributed by atoms with Crippen LogP contribution in [0.1, 0.15) is 15.9 Å². The first-order chi connectivity index (χ1) is 12.7. The van der Waals surface area contributed by atoms with Gasteiger partial charge in [-0.25, -0.2) is 9.37 Å². The minimum Gasteiger partial charge on any atom is -0.496 e. The molecule has 0 spiro atoms. The number of thioether (sulfide) groups is 1. The Morgan fingerprint density at radius 3 is 2.81 bits per heavy atom. The molecule has 6 heteroatoms. The molecule has 1 heterocycles. The van der Waals surface area contributed by atoms with Crippen molar-refractivity contribution < 1.29 is 13.9 Å². The molecule has 3 rings (SSSR count). The van der Waals surface area contributed by atoms with Crippen LogP contribution >= 0.6 is 11.8 Å². The quantitative estimate of drug-likeness (QED) is 0.637. The van der Waals surface area contributed by atoms with Gasteiger partial charge < -0.3 is 10.1 Å². The Kier molecular flexibility index (Phi) is 5.86. The first-order valence-corrected chi connectivity index (χ1v) is 8.92. The maximum Gasteiger partial charge on any atom is 0.259 e.